The minimum atomic E-state index is -1.39. The van der Waals surface area contributed by atoms with Gasteiger partial charge in [0.2, 0.25) is 0 Å². The van der Waals surface area contributed by atoms with Gasteiger partial charge in [-0.15, -0.1) is 5.92 Å². The smallest absolute Gasteiger partial charge is 0.102 e. The van der Waals surface area contributed by atoms with E-state index in [1.807, 2.05) is 0 Å². The molecule has 0 saturated carbocycles. The van der Waals surface area contributed by atoms with Gasteiger partial charge in [-0.25, -0.2) is 0 Å². The normalized spacial score (nSPS) is 9.71. The Morgan fingerprint density at radius 3 is 1.71 bits per heavy atom. The van der Waals surface area contributed by atoms with Crippen LogP contribution in [0.5, 0.6) is 0 Å². The predicted octanol–water partition coefficient (Wildman–Crippen LogP) is 2.38. The van der Waals surface area contributed by atoms with Gasteiger partial charge in [-0.05, 0) is 12.8 Å². The molecule has 0 spiro atoms. The van der Waals surface area contributed by atoms with Gasteiger partial charge in [0.1, 0.15) is 0 Å². The fraction of sp³-hybridized carbons (Fsp3) is 0.500. The van der Waals surface area contributed by atoms with E-state index in [-0.39, 0.29) is 0 Å². The monoisotopic (exact) mass is 156 g/mol. The number of alkyl halides is 3. The predicted molar refractivity (Wildman–Crippen MR) is 33.7 cm³/mol. The largest absolute Gasteiger partial charge is 0.252 e. The Kier molecular flexibility index (Phi) is 2.83. The van der Waals surface area contributed by atoms with Gasteiger partial charge in [0.05, 0.1) is 0 Å². The van der Waals surface area contributed by atoms with Crippen molar-refractivity contribution in [1.29, 1.82) is 0 Å². The SMILES string of the molecule is CC#CC(Cl)(Cl)Cl. The first-order chi connectivity index (χ1) is 3.06. The maximum atomic E-state index is 5.19. The molecule has 0 fully saturated rings. The first kappa shape index (κ1) is 7.43. The third-order valence-corrected chi connectivity index (χ3v) is 0.550. The summed E-state index contributed by atoms with van der Waals surface area (Å²) >= 11 is 15.6. The summed E-state index contributed by atoms with van der Waals surface area (Å²) in [6.07, 6.45) is 0. The van der Waals surface area contributed by atoms with Gasteiger partial charge in [0.15, 0.2) is 0 Å². The van der Waals surface area contributed by atoms with E-state index in [9.17, 15) is 0 Å². The molecule has 0 heterocycles. The van der Waals surface area contributed by atoms with Crippen LogP contribution in [0.25, 0.3) is 0 Å². The van der Waals surface area contributed by atoms with Gasteiger partial charge in [-0.2, -0.15) is 0 Å². The number of hydrogen-bond acceptors (Lipinski definition) is 0. The molecular formula is C4H3Cl3. The van der Waals surface area contributed by atoms with E-state index >= 15 is 0 Å². The van der Waals surface area contributed by atoms with E-state index < -0.39 is 3.79 Å². The second-order valence-electron chi connectivity index (χ2n) is 0.873. The van der Waals surface area contributed by atoms with Gasteiger partial charge in [0.25, 0.3) is 3.79 Å². The highest BCUT2D eigenvalue weighted by Crippen LogP contribution is 2.23. The molecule has 0 aliphatic carbocycles. The van der Waals surface area contributed by atoms with Gasteiger partial charge < -0.3 is 0 Å². The third-order valence-electron chi connectivity index (χ3n) is 0.267. The number of halogens is 3. The standard InChI is InChI=1S/C4H3Cl3/c1-2-3-4(5,6)7/h1H3. The van der Waals surface area contributed by atoms with Crippen LogP contribution in [0.2, 0.25) is 0 Å². The molecule has 0 N–H and O–H groups in total. The van der Waals surface area contributed by atoms with E-state index in [1.54, 1.807) is 6.92 Å². The Morgan fingerprint density at radius 1 is 1.29 bits per heavy atom. The molecule has 7 heavy (non-hydrogen) atoms. The van der Waals surface area contributed by atoms with Crippen molar-refractivity contribution < 1.29 is 0 Å². The zero-order valence-corrected chi connectivity index (χ0v) is 5.90. The van der Waals surface area contributed by atoms with E-state index in [0.29, 0.717) is 0 Å². The van der Waals surface area contributed by atoms with Crippen LogP contribution in [0, 0.1) is 11.8 Å². The first-order valence-corrected chi connectivity index (χ1v) is 2.70. The van der Waals surface area contributed by atoms with Gasteiger partial charge in [-0.1, -0.05) is 34.8 Å². The minimum absolute atomic E-state index is 1.39. The maximum absolute atomic E-state index is 5.19. The van der Waals surface area contributed by atoms with Crippen molar-refractivity contribution in [2.24, 2.45) is 0 Å². The molecule has 0 nitrogen and oxygen atoms in total. The van der Waals surface area contributed by atoms with E-state index in [4.69, 9.17) is 34.8 Å². The zero-order valence-electron chi connectivity index (χ0n) is 3.63. The van der Waals surface area contributed by atoms with Crippen LogP contribution in [-0.4, -0.2) is 3.79 Å². The van der Waals surface area contributed by atoms with Crippen LogP contribution in [0.15, 0.2) is 0 Å². The molecule has 0 radical (unpaired) electrons. The average Bonchev–Trinajstić information content (AvgIpc) is 1.30. The van der Waals surface area contributed by atoms with Crippen molar-refractivity contribution in [2.45, 2.75) is 10.7 Å². The molecule has 0 unspecified atom stereocenters. The van der Waals surface area contributed by atoms with Crippen molar-refractivity contribution >= 4 is 34.8 Å². The van der Waals surface area contributed by atoms with E-state index in [0.717, 1.165) is 0 Å². The highest BCUT2D eigenvalue weighted by molar-refractivity contribution is 6.69. The molecule has 0 atom stereocenters. The lowest BCUT2D eigenvalue weighted by Gasteiger charge is -1.95. The molecule has 0 bridgehead atoms. The first-order valence-electron chi connectivity index (χ1n) is 1.57. The Hall–Kier alpha value is 0.430. The maximum Gasteiger partial charge on any atom is 0.252 e. The van der Waals surface area contributed by atoms with E-state index in [1.165, 1.54) is 0 Å². The lowest BCUT2D eigenvalue weighted by atomic mass is 10.7. The summed E-state index contributed by atoms with van der Waals surface area (Å²) in [6.45, 7) is 1.61. The van der Waals surface area contributed by atoms with Gasteiger partial charge >= 0.3 is 0 Å². The van der Waals surface area contributed by atoms with Crippen molar-refractivity contribution in [1.82, 2.24) is 0 Å². The molecule has 0 aromatic heterocycles. The second kappa shape index (κ2) is 2.67. The molecule has 0 aliphatic rings. The van der Waals surface area contributed by atoms with Crippen LogP contribution >= 0.6 is 34.8 Å². The quantitative estimate of drug-likeness (QED) is 0.374. The highest BCUT2D eigenvalue weighted by atomic mass is 35.6. The summed E-state index contributed by atoms with van der Waals surface area (Å²) in [5.74, 6) is 4.79. The summed E-state index contributed by atoms with van der Waals surface area (Å²) < 4.78 is -1.39. The fourth-order valence-electron chi connectivity index (χ4n) is 0.142. The molecular weight excluding hydrogens is 154 g/mol. The third kappa shape index (κ3) is 6.43. The number of hydrogen-bond donors (Lipinski definition) is 0. The van der Waals surface area contributed by atoms with Crippen molar-refractivity contribution in [3.63, 3.8) is 0 Å². The van der Waals surface area contributed by atoms with Crippen LogP contribution < -0.4 is 0 Å². The highest BCUT2D eigenvalue weighted by Gasteiger charge is 2.13. The van der Waals surface area contributed by atoms with Crippen molar-refractivity contribution in [3.05, 3.63) is 0 Å². The zero-order chi connectivity index (χ0) is 5.91. The summed E-state index contributed by atoms with van der Waals surface area (Å²) in [7, 11) is 0. The summed E-state index contributed by atoms with van der Waals surface area (Å²) in [4.78, 5) is 0. The van der Waals surface area contributed by atoms with Crippen LogP contribution in [0.3, 0.4) is 0 Å². The molecule has 0 aliphatic heterocycles. The molecule has 3 heteroatoms. The summed E-state index contributed by atoms with van der Waals surface area (Å²) in [5.41, 5.74) is 0. The lowest BCUT2D eigenvalue weighted by molar-refractivity contribution is 1.55. The Balaban J connectivity index is 3.72. The molecule has 40 valence electrons. The molecule has 0 aromatic rings. The molecule has 0 saturated heterocycles. The molecule has 0 rings (SSSR count). The number of rotatable bonds is 0. The van der Waals surface area contributed by atoms with Crippen LogP contribution in [0.1, 0.15) is 6.92 Å². The Bertz CT molecular complexity index is 100. The van der Waals surface area contributed by atoms with E-state index in [2.05, 4.69) is 11.8 Å². The lowest BCUT2D eigenvalue weighted by Crippen LogP contribution is -1.93. The van der Waals surface area contributed by atoms with Crippen LogP contribution in [0.4, 0.5) is 0 Å². The van der Waals surface area contributed by atoms with Crippen LogP contribution in [-0.2, 0) is 0 Å². The summed E-state index contributed by atoms with van der Waals surface area (Å²) in [5, 5.41) is 0. The molecule has 0 amide bonds. The van der Waals surface area contributed by atoms with Crippen molar-refractivity contribution in [3.8, 4) is 11.8 Å². The second-order valence-corrected chi connectivity index (χ2v) is 3.15. The van der Waals surface area contributed by atoms with Crippen molar-refractivity contribution in [2.75, 3.05) is 0 Å². The summed E-state index contributed by atoms with van der Waals surface area (Å²) in [6, 6.07) is 0. The molecule has 0 aromatic carbocycles. The topological polar surface area (TPSA) is 0 Å². The fourth-order valence-corrected chi connectivity index (χ4v) is 0.425. The minimum Gasteiger partial charge on any atom is -0.102 e. The van der Waals surface area contributed by atoms with Gasteiger partial charge in [-0.3, -0.25) is 0 Å². The average molecular weight is 157 g/mol. The van der Waals surface area contributed by atoms with Gasteiger partial charge in [0, 0.05) is 0 Å². The Labute approximate surface area is 57.7 Å². The Morgan fingerprint density at radius 2 is 1.71 bits per heavy atom.